The van der Waals surface area contributed by atoms with Crippen LogP contribution in [0.2, 0.25) is 0 Å². The standard InChI is InChI=1S/C14H19FN2O/c1-11-5-7-17(8-6-11)10-14(18)16-13-4-2-3-12(15)9-13/h2-4,9,11H,5-8,10H2,1H3,(H,16,18). The Hall–Kier alpha value is -1.42. The maximum absolute atomic E-state index is 13.0. The maximum Gasteiger partial charge on any atom is 0.238 e. The smallest absolute Gasteiger partial charge is 0.238 e. The number of carbonyl (C=O) groups is 1. The van der Waals surface area contributed by atoms with Gasteiger partial charge in [0.1, 0.15) is 5.82 Å². The van der Waals surface area contributed by atoms with Gasteiger partial charge >= 0.3 is 0 Å². The fraction of sp³-hybridized carbons (Fsp3) is 0.500. The Morgan fingerprint density at radius 3 is 2.83 bits per heavy atom. The van der Waals surface area contributed by atoms with Crippen molar-refractivity contribution in [1.82, 2.24) is 4.90 Å². The molecule has 98 valence electrons. The van der Waals surface area contributed by atoms with E-state index in [1.54, 1.807) is 12.1 Å². The monoisotopic (exact) mass is 250 g/mol. The molecule has 3 nitrogen and oxygen atoms in total. The van der Waals surface area contributed by atoms with E-state index in [9.17, 15) is 9.18 Å². The van der Waals surface area contributed by atoms with Crippen LogP contribution in [0, 0.1) is 11.7 Å². The van der Waals surface area contributed by atoms with Crippen LogP contribution >= 0.6 is 0 Å². The van der Waals surface area contributed by atoms with Crippen LogP contribution in [0.15, 0.2) is 24.3 Å². The van der Waals surface area contributed by atoms with Gasteiger partial charge in [-0.15, -0.1) is 0 Å². The summed E-state index contributed by atoms with van der Waals surface area (Å²) in [6.07, 6.45) is 2.29. The molecule has 0 radical (unpaired) electrons. The van der Waals surface area contributed by atoms with Gasteiger partial charge in [0.15, 0.2) is 0 Å². The van der Waals surface area contributed by atoms with Crippen LogP contribution < -0.4 is 5.32 Å². The highest BCUT2D eigenvalue weighted by Crippen LogP contribution is 2.16. The first kappa shape index (κ1) is 13.0. The van der Waals surface area contributed by atoms with Crippen LogP contribution in [-0.2, 0) is 4.79 Å². The van der Waals surface area contributed by atoms with Crippen molar-refractivity contribution in [2.75, 3.05) is 25.0 Å². The molecular weight excluding hydrogens is 231 g/mol. The molecule has 0 bridgehead atoms. The number of benzene rings is 1. The molecule has 18 heavy (non-hydrogen) atoms. The van der Waals surface area contributed by atoms with Gasteiger partial charge in [0, 0.05) is 5.69 Å². The Kier molecular flexibility index (Phi) is 4.31. The highest BCUT2D eigenvalue weighted by atomic mass is 19.1. The average molecular weight is 250 g/mol. The zero-order valence-electron chi connectivity index (χ0n) is 10.7. The van der Waals surface area contributed by atoms with E-state index in [0.29, 0.717) is 12.2 Å². The van der Waals surface area contributed by atoms with E-state index in [4.69, 9.17) is 0 Å². The van der Waals surface area contributed by atoms with Crippen LogP contribution in [0.3, 0.4) is 0 Å². The van der Waals surface area contributed by atoms with Crippen LogP contribution in [0.25, 0.3) is 0 Å². The Morgan fingerprint density at radius 2 is 2.17 bits per heavy atom. The topological polar surface area (TPSA) is 32.3 Å². The summed E-state index contributed by atoms with van der Waals surface area (Å²) < 4.78 is 13.0. The van der Waals surface area contributed by atoms with Crippen molar-refractivity contribution >= 4 is 11.6 Å². The van der Waals surface area contributed by atoms with E-state index >= 15 is 0 Å². The molecule has 0 spiro atoms. The summed E-state index contributed by atoms with van der Waals surface area (Å²) in [4.78, 5) is 13.9. The van der Waals surface area contributed by atoms with Gasteiger partial charge in [-0.1, -0.05) is 13.0 Å². The van der Waals surface area contributed by atoms with Crippen LogP contribution in [0.5, 0.6) is 0 Å². The fourth-order valence-corrected chi connectivity index (χ4v) is 2.19. The molecular formula is C14H19FN2O. The lowest BCUT2D eigenvalue weighted by atomic mass is 9.99. The summed E-state index contributed by atoms with van der Waals surface area (Å²) in [6.45, 7) is 4.57. The molecule has 1 aromatic rings. The van der Waals surface area contributed by atoms with E-state index in [0.717, 1.165) is 31.8 Å². The number of amides is 1. The fourth-order valence-electron chi connectivity index (χ4n) is 2.19. The molecule has 0 atom stereocenters. The number of anilines is 1. The molecule has 1 heterocycles. The maximum atomic E-state index is 13.0. The van der Waals surface area contributed by atoms with Crippen molar-refractivity contribution < 1.29 is 9.18 Å². The van der Waals surface area contributed by atoms with Gasteiger partial charge < -0.3 is 5.32 Å². The molecule has 1 aromatic carbocycles. The number of rotatable bonds is 3. The number of likely N-dealkylation sites (tertiary alicyclic amines) is 1. The Balaban J connectivity index is 1.82. The molecule has 0 saturated carbocycles. The van der Waals surface area contributed by atoms with Gasteiger partial charge in [-0.05, 0) is 50.0 Å². The molecule has 0 unspecified atom stereocenters. The van der Waals surface area contributed by atoms with Gasteiger partial charge in [0.05, 0.1) is 6.54 Å². The third-order valence-electron chi connectivity index (χ3n) is 3.35. The third-order valence-corrected chi connectivity index (χ3v) is 3.35. The third kappa shape index (κ3) is 3.81. The Bertz CT molecular complexity index is 414. The second kappa shape index (κ2) is 5.96. The molecule has 1 fully saturated rings. The zero-order valence-corrected chi connectivity index (χ0v) is 10.7. The lowest BCUT2D eigenvalue weighted by molar-refractivity contribution is -0.117. The van der Waals surface area contributed by atoms with Crippen molar-refractivity contribution in [1.29, 1.82) is 0 Å². The zero-order chi connectivity index (χ0) is 13.0. The normalized spacial score (nSPS) is 17.7. The number of carbonyl (C=O) groups excluding carboxylic acids is 1. The number of hydrogen-bond acceptors (Lipinski definition) is 2. The molecule has 1 N–H and O–H groups in total. The molecule has 1 aliphatic rings. The summed E-state index contributed by atoms with van der Waals surface area (Å²) in [7, 11) is 0. The predicted molar refractivity (Wildman–Crippen MR) is 69.9 cm³/mol. The van der Waals surface area contributed by atoms with Crippen molar-refractivity contribution in [3.8, 4) is 0 Å². The molecule has 1 aliphatic heterocycles. The van der Waals surface area contributed by atoms with E-state index in [-0.39, 0.29) is 11.7 Å². The first-order valence-electron chi connectivity index (χ1n) is 6.41. The largest absolute Gasteiger partial charge is 0.325 e. The average Bonchev–Trinajstić information content (AvgIpc) is 2.32. The number of nitrogens with one attached hydrogen (secondary N) is 1. The summed E-state index contributed by atoms with van der Waals surface area (Å²) >= 11 is 0. The molecule has 4 heteroatoms. The van der Waals surface area contributed by atoms with Gasteiger partial charge in [0.25, 0.3) is 0 Å². The predicted octanol–water partition coefficient (Wildman–Crippen LogP) is 2.50. The summed E-state index contributed by atoms with van der Waals surface area (Å²) in [6, 6.07) is 5.98. The molecule has 1 saturated heterocycles. The highest BCUT2D eigenvalue weighted by molar-refractivity contribution is 5.92. The van der Waals surface area contributed by atoms with E-state index in [1.165, 1.54) is 12.1 Å². The first-order chi connectivity index (χ1) is 8.63. The van der Waals surface area contributed by atoms with Gasteiger partial charge in [-0.2, -0.15) is 0 Å². The molecule has 2 rings (SSSR count). The van der Waals surface area contributed by atoms with Gasteiger partial charge in [-0.3, -0.25) is 9.69 Å². The van der Waals surface area contributed by atoms with Crippen molar-refractivity contribution in [2.24, 2.45) is 5.92 Å². The first-order valence-corrected chi connectivity index (χ1v) is 6.41. The minimum Gasteiger partial charge on any atom is -0.325 e. The minimum atomic E-state index is -0.334. The molecule has 1 amide bonds. The van der Waals surface area contributed by atoms with E-state index in [1.807, 2.05) is 0 Å². The van der Waals surface area contributed by atoms with Crippen LogP contribution in [0.4, 0.5) is 10.1 Å². The summed E-state index contributed by atoms with van der Waals surface area (Å²) in [5.74, 6) is 0.349. The van der Waals surface area contributed by atoms with Crippen LogP contribution in [0.1, 0.15) is 19.8 Å². The Labute approximate surface area is 107 Å². The lowest BCUT2D eigenvalue weighted by Crippen LogP contribution is -2.38. The highest BCUT2D eigenvalue weighted by Gasteiger charge is 2.17. The summed E-state index contributed by atoms with van der Waals surface area (Å²) in [5, 5.41) is 2.72. The van der Waals surface area contributed by atoms with Gasteiger partial charge in [0.2, 0.25) is 5.91 Å². The van der Waals surface area contributed by atoms with E-state index in [2.05, 4.69) is 17.1 Å². The summed E-state index contributed by atoms with van der Waals surface area (Å²) in [5.41, 5.74) is 0.519. The van der Waals surface area contributed by atoms with Crippen molar-refractivity contribution in [3.05, 3.63) is 30.1 Å². The number of piperidine rings is 1. The SMILES string of the molecule is CC1CCN(CC(=O)Nc2cccc(F)c2)CC1. The van der Waals surface area contributed by atoms with Crippen molar-refractivity contribution in [3.63, 3.8) is 0 Å². The molecule has 0 aromatic heterocycles. The quantitative estimate of drug-likeness (QED) is 0.894. The second-order valence-corrected chi connectivity index (χ2v) is 5.02. The van der Waals surface area contributed by atoms with E-state index < -0.39 is 0 Å². The number of hydrogen-bond donors (Lipinski definition) is 1. The van der Waals surface area contributed by atoms with Crippen molar-refractivity contribution in [2.45, 2.75) is 19.8 Å². The minimum absolute atomic E-state index is 0.0739. The Morgan fingerprint density at radius 1 is 1.44 bits per heavy atom. The second-order valence-electron chi connectivity index (χ2n) is 5.02. The number of halogens is 1. The molecule has 0 aliphatic carbocycles. The van der Waals surface area contributed by atoms with Gasteiger partial charge in [-0.25, -0.2) is 4.39 Å². The van der Waals surface area contributed by atoms with Crippen LogP contribution in [-0.4, -0.2) is 30.4 Å². The number of nitrogens with zero attached hydrogens (tertiary/aromatic N) is 1. The lowest BCUT2D eigenvalue weighted by Gasteiger charge is -2.29.